The fourth-order valence-electron chi connectivity index (χ4n) is 2.49. The summed E-state index contributed by atoms with van der Waals surface area (Å²) in [6, 6.07) is 11.9. The number of hydrogen-bond acceptors (Lipinski definition) is 4. The fourth-order valence-corrected chi connectivity index (χ4v) is 2.49. The Hall–Kier alpha value is -1.85. The van der Waals surface area contributed by atoms with Crippen LogP contribution in [0.2, 0.25) is 0 Å². The predicted octanol–water partition coefficient (Wildman–Crippen LogP) is 2.62. The van der Waals surface area contributed by atoms with Crippen LogP contribution in [0.4, 0.5) is 0 Å². The van der Waals surface area contributed by atoms with Gasteiger partial charge in [0.2, 0.25) is 0 Å². The SMILES string of the molecule is Cl.NCCN(CCc1ccccc1)C(=O)c1cc(C2CC2)on1. The lowest BCUT2D eigenvalue weighted by atomic mass is 10.1. The molecule has 1 heterocycles. The lowest BCUT2D eigenvalue weighted by molar-refractivity contribution is 0.0751. The number of rotatable bonds is 7. The van der Waals surface area contributed by atoms with Gasteiger partial charge in [0.15, 0.2) is 5.69 Å². The second kappa shape index (κ2) is 8.13. The van der Waals surface area contributed by atoms with Gasteiger partial charge in [0.05, 0.1) is 0 Å². The third kappa shape index (κ3) is 4.56. The standard InChI is InChI=1S/C17H21N3O2.ClH/c18-9-11-20(10-8-13-4-2-1-3-5-13)17(21)15-12-16(22-19-15)14-6-7-14;/h1-5,12,14H,6-11,18H2;1H. The first-order chi connectivity index (χ1) is 10.8. The van der Waals surface area contributed by atoms with E-state index in [1.54, 1.807) is 11.0 Å². The van der Waals surface area contributed by atoms with E-state index in [4.69, 9.17) is 10.3 Å². The zero-order valence-electron chi connectivity index (χ0n) is 13.0. The average Bonchev–Trinajstić information content (AvgIpc) is 3.29. The number of hydrogen-bond donors (Lipinski definition) is 1. The highest BCUT2D eigenvalue weighted by Crippen LogP contribution is 2.40. The predicted molar refractivity (Wildman–Crippen MR) is 90.8 cm³/mol. The quantitative estimate of drug-likeness (QED) is 0.844. The molecule has 0 aliphatic heterocycles. The van der Waals surface area contributed by atoms with Crippen LogP contribution in [-0.4, -0.2) is 35.6 Å². The first-order valence-electron chi connectivity index (χ1n) is 7.78. The molecule has 3 rings (SSSR count). The van der Waals surface area contributed by atoms with E-state index in [0.29, 0.717) is 31.2 Å². The molecule has 0 atom stereocenters. The number of carbonyl (C=O) groups is 1. The van der Waals surface area contributed by atoms with Gasteiger partial charge in [-0.3, -0.25) is 4.79 Å². The number of carbonyl (C=O) groups excluding carboxylic acids is 1. The second-order valence-electron chi connectivity index (χ2n) is 5.71. The van der Waals surface area contributed by atoms with Gasteiger partial charge in [-0.25, -0.2) is 0 Å². The number of benzene rings is 1. The molecule has 1 aliphatic carbocycles. The monoisotopic (exact) mass is 335 g/mol. The highest BCUT2D eigenvalue weighted by atomic mass is 35.5. The molecule has 0 radical (unpaired) electrons. The Morgan fingerprint density at radius 2 is 2.00 bits per heavy atom. The summed E-state index contributed by atoms with van der Waals surface area (Å²) in [5.74, 6) is 1.19. The summed E-state index contributed by atoms with van der Waals surface area (Å²) in [5.41, 5.74) is 7.24. The summed E-state index contributed by atoms with van der Waals surface area (Å²) in [6.45, 7) is 1.59. The van der Waals surface area contributed by atoms with Crippen molar-refractivity contribution in [3.8, 4) is 0 Å². The van der Waals surface area contributed by atoms with Gasteiger partial charge in [-0.15, -0.1) is 12.4 Å². The topological polar surface area (TPSA) is 72.4 Å². The van der Waals surface area contributed by atoms with Crippen molar-refractivity contribution in [3.63, 3.8) is 0 Å². The van der Waals surface area contributed by atoms with Gasteiger partial charge < -0.3 is 15.2 Å². The van der Waals surface area contributed by atoms with E-state index < -0.39 is 0 Å². The molecule has 1 aromatic heterocycles. The van der Waals surface area contributed by atoms with E-state index in [9.17, 15) is 4.79 Å². The summed E-state index contributed by atoms with van der Waals surface area (Å²) in [6.07, 6.45) is 3.06. The van der Waals surface area contributed by atoms with Gasteiger partial charge in [-0.1, -0.05) is 35.5 Å². The zero-order valence-corrected chi connectivity index (χ0v) is 13.8. The van der Waals surface area contributed by atoms with E-state index in [1.165, 1.54) is 5.56 Å². The summed E-state index contributed by atoms with van der Waals surface area (Å²) < 4.78 is 5.27. The minimum atomic E-state index is -0.1000. The smallest absolute Gasteiger partial charge is 0.276 e. The van der Waals surface area contributed by atoms with Gasteiger partial charge in [-0.05, 0) is 24.8 Å². The number of nitrogens with zero attached hydrogens (tertiary/aromatic N) is 2. The lowest BCUT2D eigenvalue weighted by Crippen LogP contribution is -2.37. The van der Waals surface area contributed by atoms with Crippen LogP contribution in [0.15, 0.2) is 40.9 Å². The average molecular weight is 336 g/mol. The Morgan fingerprint density at radius 1 is 1.26 bits per heavy atom. The lowest BCUT2D eigenvalue weighted by Gasteiger charge is -2.20. The van der Waals surface area contributed by atoms with Crippen LogP contribution in [0.3, 0.4) is 0 Å². The maximum atomic E-state index is 12.6. The molecule has 0 unspecified atom stereocenters. The molecule has 0 bridgehead atoms. The summed E-state index contributed by atoms with van der Waals surface area (Å²) in [4.78, 5) is 14.3. The minimum absolute atomic E-state index is 0. The Balaban J connectivity index is 0.00000192. The second-order valence-corrected chi connectivity index (χ2v) is 5.71. The summed E-state index contributed by atoms with van der Waals surface area (Å²) in [5, 5.41) is 3.93. The molecule has 2 aromatic rings. The maximum Gasteiger partial charge on any atom is 0.276 e. The number of halogens is 1. The van der Waals surface area contributed by atoms with Gasteiger partial charge >= 0.3 is 0 Å². The molecular weight excluding hydrogens is 314 g/mol. The minimum Gasteiger partial charge on any atom is -0.360 e. The Labute approximate surface area is 142 Å². The first-order valence-corrected chi connectivity index (χ1v) is 7.78. The van der Waals surface area contributed by atoms with Crippen molar-refractivity contribution < 1.29 is 9.32 Å². The van der Waals surface area contributed by atoms with Crippen molar-refractivity contribution in [2.75, 3.05) is 19.6 Å². The molecule has 5 nitrogen and oxygen atoms in total. The molecule has 1 saturated carbocycles. The highest BCUT2D eigenvalue weighted by Gasteiger charge is 2.29. The molecule has 0 spiro atoms. The molecule has 1 amide bonds. The van der Waals surface area contributed by atoms with Crippen LogP contribution in [-0.2, 0) is 6.42 Å². The van der Waals surface area contributed by atoms with E-state index in [2.05, 4.69) is 17.3 Å². The largest absolute Gasteiger partial charge is 0.360 e. The molecular formula is C17H22ClN3O2. The molecule has 23 heavy (non-hydrogen) atoms. The van der Waals surface area contributed by atoms with Gasteiger partial charge in [0.1, 0.15) is 5.76 Å². The number of aromatic nitrogens is 1. The van der Waals surface area contributed by atoms with Crippen molar-refractivity contribution in [1.82, 2.24) is 10.1 Å². The van der Waals surface area contributed by atoms with E-state index in [0.717, 1.165) is 25.0 Å². The van der Waals surface area contributed by atoms with Crippen LogP contribution in [0.5, 0.6) is 0 Å². The molecule has 124 valence electrons. The van der Waals surface area contributed by atoms with E-state index >= 15 is 0 Å². The number of amides is 1. The Kier molecular flexibility index (Phi) is 6.19. The normalized spacial score (nSPS) is 13.4. The van der Waals surface area contributed by atoms with Crippen molar-refractivity contribution >= 4 is 18.3 Å². The third-order valence-electron chi connectivity index (χ3n) is 3.93. The molecule has 6 heteroatoms. The molecule has 1 fully saturated rings. The van der Waals surface area contributed by atoms with Crippen molar-refractivity contribution in [1.29, 1.82) is 0 Å². The Bertz CT molecular complexity index is 626. The van der Waals surface area contributed by atoms with Gasteiger partial charge in [-0.2, -0.15) is 0 Å². The zero-order chi connectivity index (χ0) is 15.4. The molecule has 1 aromatic carbocycles. The first kappa shape index (κ1) is 17.5. The Morgan fingerprint density at radius 3 is 2.65 bits per heavy atom. The molecule has 2 N–H and O–H groups in total. The summed E-state index contributed by atoms with van der Waals surface area (Å²) in [7, 11) is 0. The van der Waals surface area contributed by atoms with E-state index in [1.807, 2.05) is 18.2 Å². The van der Waals surface area contributed by atoms with Crippen LogP contribution < -0.4 is 5.73 Å². The van der Waals surface area contributed by atoms with Crippen LogP contribution in [0, 0.1) is 0 Å². The van der Waals surface area contributed by atoms with Crippen molar-refractivity contribution in [2.24, 2.45) is 5.73 Å². The highest BCUT2D eigenvalue weighted by molar-refractivity contribution is 5.92. The molecule has 1 aliphatic rings. The molecule has 0 saturated heterocycles. The van der Waals surface area contributed by atoms with Crippen LogP contribution in [0.1, 0.15) is 40.6 Å². The van der Waals surface area contributed by atoms with Gasteiger partial charge in [0, 0.05) is 31.6 Å². The summed E-state index contributed by atoms with van der Waals surface area (Å²) >= 11 is 0. The number of nitrogens with two attached hydrogens (primary N) is 1. The van der Waals surface area contributed by atoms with Gasteiger partial charge in [0.25, 0.3) is 5.91 Å². The van der Waals surface area contributed by atoms with E-state index in [-0.39, 0.29) is 18.3 Å². The van der Waals surface area contributed by atoms with Crippen molar-refractivity contribution in [3.05, 3.63) is 53.4 Å². The maximum absolute atomic E-state index is 12.6. The van der Waals surface area contributed by atoms with Crippen LogP contribution in [0.25, 0.3) is 0 Å². The van der Waals surface area contributed by atoms with Crippen molar-refractivity contribution in [2.45, 2.75) is 25.2 Å². The third-order valence-corrected chi connectivity index (χ3v) is 3.93. The fraction of sp³-hybridized carbons (Fsp3) is 0.412. The van der Waals surface area contributed by atoms with Crippen LogP contribution >= 0.6 is 12.4 Å².